The second kappa shape index (κ2) is 6.83. The van der Waals surface area contributed by atoms with Crippen molar-refractivity contribution in [1.82, 2.24) is 29.7 Å². The zero-order valence-corrected chi connectivity index (χ0v) is 17.2. The van der Waals surface area contributed by atoms with Crippen LogP contribution in [0.15, 0.2) is 30.5 Å². The Labute approximate surface area is 175 Å². The first-order chi connectivity index (χ1) is 14.0. The molecular weight excluding hydrogens is 421 g/mol. The Bertz CT molecular complexity index is 1140. The summed E-state index contributed by atoms with van der Waals surface area (Å²) in [7, 11) is 1.76. The molecule has 0 N–H and O–H groups in total. The zero-order chi connectivity index (χ0) is 21.8. The molecule has 2 aromatic heterocycles. The molecule has 1 amide bonds. The first kappa shape index (κ1) is 20.4. The summed E-state index contributed by atoms with van der Waals surface area (Å²) >= 11 is 6.25. The van der Waals surface area contributed by atoms with Gasteiger partial charge < -0.3 is 4.90 Å². The van der Waals surface area contributed by atoms with Crippen LogP contribution in [0.5, 0.6) is 0 Å². The van der Waals surface area contributed by atoms with Gasteiger partial charge in [0.25, 0.3) is 0 Å². The maximum Gasteiger partial charge on any atom is 0.417 e. The Balaban J connectivity index is 1.96. The number of nitrogens with zero attached hydrogens (tertiary/aromatic N) is 6. The van der Waals surface area contributed by atoms with Crippen LogP contribution < -0.4 is 0 Å². The fourth-order valence-corrected chi connectivity index (χ4v) is 4.46. The van der Waals surface area contributed by atoms with Crippen LogP contribution in [0.25, 0.3) is 5.82 Å². The molecule has 1 aliphatic rings. The Morgan fingerprint density at radius 1 is 1.27 bits per heavy atom. The molecule has 0 fully saturated rings. The molecule has 158 valence electrons. The van der Waals surface area contributed by atoms with Crippen LogP contribution in [0.1, 0.15) is 36.4 Å². The largest absolute Gasteiger partial charge is 0.417 e. The first-order valence-electron chi connectivity index (χ1n) is 9.14. The third-order valence-electron chi connectivity index (χ3n) is 5.46. The van der Waals surface area contributed by atoms with Gasteiger partial charge in [-0.15, -0.1) is 5.10 Å². The van der Waals surface area contributed by atoms with E-state index in [1.807, 2.05) is 0 Å². The fraction of sp³-hybridized carbons (Fsp3) is 0.368. The smallest absolute Gasteiger partial charge is 0.327 e. The van der Waals surface area contributed by atoms with E-state index in [1.54, 1.807) is 35.6 Å². The number of aryl methyl sites for hydroxylation is 1. The second-order valence-electron chi connectivity index (χ2n) is 7.30. The van der Waals surface area contributed by atoms with Gasteiger partial charge in [0.15, 0.2) is 5.82 Å². The summed E-state index contributed by atoms with van der Waals surface area (Å²) in [5, 5.41) is 12.3. The van der Waals surface area contributed by atoms with Crippen molar-refractivity contribution < 1.29 is 18.0 Å². The summed E-state index contributed by atoms with van der Waals surface area (Å²) in [5.41, 5.74) is -1.11. The van der Waals surface area contributed by atoms with E-state index in [0.717, 1.165) is 6.07 Å². The van der Waals surface area contributed by atoms with E-state index in [2.05, 4.69) is 15.4 Å². The molecule has 1 atom stereocenters. The lowest BCUT2D eigenvalue weighted by Gasteiger charge is -2.44. The van der Waals surface area contributed by atoms with Crippen LogP contribution in [0.2, 0.25) is 5.02 Å². The molecule has 4 rings (SSSR count). The minimum absolute atomic E-state index is 0.142. The summed E-state index contributed by atoms with van der Waals surface area (Å²) < 4.78 is 43.6. The van der Waals surface area contributed by atoms with E-state index < -0.39 is 22.3 Å². The molecular formula is C19H18ClF3N6O. The number of carbonyl (C=O) groups excluding carboxylic acids is 1. The topological polar surface area (TPSA) is 68.8 Å². The minimum Gasteiger partial charge on any atom is -0.327 e. The number of fused-ring (bicyclic) bond motifs is 1. The summed E-state index contributed by atoms with van der Waals surface area (Å²) in [6.07, 6.45) is -2.46. The van der Waals surface area contributed by atoms with E-state index in [4.69, 9.17) is 11.6 Å². The van der Waals surface area contributed by atoms with Crippen LogP contribution in [-0.4, -0.2) is 42.1 Å². The standard InChI is InChI=1S/C19H18ClF3N6O/c1-11(30)28-10-7-14-17(24-26-29(14)15-8-9-27(3)25-15)18(28,2)12-5-4-6-13(16(12)20)19(21,22)23/h4-6,8-9H,7,10H2,1-3H3. The predicted octanol–water partition coefficient (Wildman–Crippen LogP) is 3.34. The number of alkyl halides is 3. The van der Waals surface area contributed by atoms with Crippen LogP contribution in [0.4, 0.5) is 13.2 Å². The third-order valence-corrected chi connectivity index (χ3v) is 5.87. The molecule has 11 heteroatoms. The Kier molecular flexibility index (Phi) is 4.64. The van der Waals surface area contributed by atoms with Gasteiger partial charge >= 0.3 is 6.18 Å². The molecule has 0 saturated heterocycles. The number of rotatable bonds is 2. The summed E-state index contributed by atoms with van der Waals surface area (Å²) in [6.45, 7) is 3.28. The van der Waals surface area contributed by atoms with Gasteiger partial charge in [0.05, 0.1) is 16.3 Å². The second-order valence-corrected chi connectivity index (χ2v) is 7.68. The van der Waals surface area contributed by atoms with Crippen molar-refractivity contribution in [2.45, 2.75) is 32.0 Å². The Hall–Kier alpha value is -2.88. The van der Waals surface area contributed by atoms with E-state index >= 15 is 0 Å². The average Bonchev–Trinajstić information content (AvgIpc) is 3.27. The van der Waals surface area contributed by atoms with E-state index in [1.165, 1.54) is 24.0 Å². The van der Waals surface area contributed by atoms with E-state index in [9.17, 15) is 18.0 Å². The zero-order valence-electron chi connectivity index (χ0n) is 16.4. The Morgan fingerprint density at radius 2 is 2.00 bits per heavy atom. The van der Waals surface area contributed by atoms with Gasteiger partial charge in [-0.05, 0) is 13.0 Å². The lowest BCUT2D eigenvalue weighted by atomic mass is 9.81. The highest BCUT2D eigenvalue weighted by Crippen LogP contribution is 2.46. The van der Waals surface area contributed by atoms with Crippen LogP contribution in [-0.2, 0) is 30.0 Å². The number of amides is 1. The van der Waals surface area contributed by atoms with Gasteiger partial charge in [-0.2, -0.15) is 23.0 Å². The quantitative estimate of drug-likeness (QED) is 0.615. The lowest BCUT2D eigenvalue weighted by molar-refractivity contribution is -0.137. The Morgan fingerprint density at radius 3 is 2.60 bits per heavy atom. The van der Waals surface area contributed by atoms with Gasteiger partial charge in [-0.3, -0.25) is 9.48 Å². The van der Waals surface area contributed by atoms with Gasteiger partial charge in [-0.1, -0.05) is 28.9 Å². The van der Waals surface area contributed by atoms with Crippen LogP contribution in [0, 0.1) is 0 Å². The average molecular weight is 439 g/mol. The first-order valence-corrected chi connectivity index (χ1v) is 9.52. The maximum absolute atomic E-state index is 13.5. The molecule has 7 nitrogen and oxygen atoms in total. The molecule has 3 aromatic rings. The molecule has 30 heavy (non-hydrogen) atoms. The van der Waals surface area contributed by atoms with Crippen molar-refractivity contribution in [3.05, 3.63) is 58.0 Å². The van der Waals surface area contributed by atoms with E-state index in [-0.39, 0.29) is 18.0 Å². The van der Waals surface area contributed by atoms with E-state index in [0.29, 0.717) is 23.6 Å². The van der Waals surface area contributed by atoms with Crippen molar-refractivity contribution in [2.75, 3.05) is 6.54 Å². The van der Waals surface area contributed by atoms with Crippen LogP contribution in [0.3, 0.4) is 0 Å². The van der Waals surface area contributed by atoms with Crippen molar-refractivity contribution >= 4 is 17.5 Å². The van der Waals surface area contributed by atoms with Crippen molar-refractivity contribution in [3.63, 3.8) is 0 Å². The van der Waals surface area contributed by atoms with Crippen molar-refractivity contribution in [1.29, 1.82) is 0 Å². The molecule has 1 aromatic carbocycles. The molecule has 1 unspecified atom stereocenters. The van der Waals surface area contributed by atoms with Crippen LogP contribution >= 0.6 is 11.6 Å². The molecule has 0 saturated carbocycles. The fourth-order valence-electron chi connectivity index (χ4n) is 4.05. The SMILES string of the molecule is CC(=O)N1CCc2c(nnn2-c2ccn(C)n2)C1(C)c1cccc(C(F)(F)F)c1Cl. The van der Waals surface area contributed by atoms with Gasteiger partial charge in [0.2, 0.25) is 5.91 Å². The summed E-state index contributed by atoms with van der Waals surface area (Å²) in [6, 6.07) is 5.44. The number of hydrogen-bond donors (Lipinski definition) is 0. The molecule has 0 radical (unpaired) electrons. The molecule has 3 heterocycles. The highest BCUT2D eigenvalue weighted by molar-refractivity contribution is 6.32. The van der Waals surface area contributed by atoms with Gasteiger partial charge in [0.1, 0.15) is 11.2 Å². The highest BCUT2D eigenvalue weighted by Gasteiger charge is 2.48. The third kappa shape index (κ3) is 2.97. The lowest BCUT2D eigenvalue weighted by Crippen LogP contribution is -2.52. The molecule has 0 bridgehead atoms. The number of carbonyl (C=O) groups is 1. The summed E-state index contributed by atoms with van der Waals surface area (Å²) in [5.74, 6) is 0.226. The molecule has 0 aliphatic carbocycles. The van der Waals surface area contributed by atoms with Gasteiger partial charge in [0, 0.05) is 44.8 Å². The number of halogens is 4. The molecule has 0 spiro atoms. The number of benzene rings is 1. The normalized spacial score (nSPS) is 19.1. The minimum atomic E-state index is -4.63. The monoisotopic (exact) mass is 438 g/mol. The summed E-state index contributed by atoms with van der Waals surface area (Å²) in [4.78, 5) is 13.9. The molecule has 1 aliphatic heterocycles. The van der Waals surface area contributed by atoms with Crippen molar-refractivity contribution in [3.8, 4) is 5.82 Å². The van der Waals surface area contributed by atoms with Crippen molar-refractivity contribution in [2.24, 2.45) is 7.05 Å². The predicted molar refractivity (Wildman–Crippen MR) is 102 cm³/mol. The highest BCUT2D eigenvalue weighted by atomic mass is 35.5. The maximum atomic E-state index is 13.5. The number of aromatic nitrogens is 5. The van der Waals surface area contributed by atoms with Gasteiger partial charge in [-0.25, -0.2) is 0 Å². The number of hydrogen-bond acceptors (Lipinski definition) is 4.